The molecule has 0 N–H and O–H groups in total. The van der Waals surface area contributed by atoms with E-state index in [9.17, 15) is 4.79 Å². The Balaban J connectivity index is 1.52. The smallest absolute Gasteiger partial charge is 0.305 e. The molecular formula is C22H35N3O2. The van der Waals surface area contributed by atoms with E-state index in [1.54, 1.807) is 0 Å². The lowest BCUT2D eigenvalue weighted by Gasteiger charge is -2.61. The summed E-state index contributed by atoms with van der Waals surface area (Å²) < 4.78 is 4.99. The third-order valence-corrected chi connectivity index (χ3v) is 9.69. The van der Waals surface area contributed by atoms with Crippen molar-refractivity contribution in [2.24, 2.45) is 45.5 Å². The summed E-state index contributed by atoms with van der Waals surface area (Å²) in [5, 5.41) is 4.06. The number of hydrogen-bond donors (Lipinski definition) is 0. The third kappa shape index (κ3) is 2.97. The summed E-state index contributed by atoms with van der Waals surface area (Å²) in [4.78, 5) is 15.0. The molecule has 4 aliphatic rings. The van der Waals surface area contributed by atoms with Gasteiger partial charge in [0.15, 0.2) is 0 Å². The van der Waals surface area contributed by atoms with Gasteiger partial charge in [0.25, 0.3) is 0 Å². The first-order valence-corrected chi connectivity index (χ1v) is 11.0. The van der Waals surface area contributed by atoms with Crippen molar-refractivity contribution in [2.45, 2.75) is 84.1 Å². The van der Waals surface area contributed by atoms with Crippen molar-refractivity contribution in [3.8, 4) is 0 Å². The minimum Gasteiger partial charge on any atom is -0.469 e. The molecule has 0 heterocycles. The van der Waals surface area contributed by atoms with Crippen LogP contribution in [0, 0.1) is 40.4 Å². The van der Waals surface area contributed by atoms with E-state index in [0.717, 1.165) is 36.5 Å². The zero-order chi connectivity index (χ0) is 19.2. The van der Waals surface area contributed by atoms with Crippen LogP contribution >= 0.6 is 0 Å². The molecule has 0 aromatic heterocycles. The van der Waals surface area contributed by atoms with Crippen LogP contribution in [0.3, 0.4) is 0 Å². The summed E-state index contributed by atoms with van der Waals surface area (Å²) in [6, 6.07) is 0.217. The number of carbonyl (C=O) groups excluding carboxylic acids is 1. The van der Waals surface area contributed by atoms with Gasteiger partial charge in [0.2, 0.25) is 0 Å². The van der Waals surface area contributed by atoms with Crippen molar-refractivity contribution in [3.05, 3.63) is 10.4 Å². The average Bonchev–Trinajstić information content (AvgIpc) is 2.98. The van der Waals surface area contributed by atoms with E-state index < -0.39 is 0 Å². The highest BCUT2D eigenvalue weighted by atomic mass is 16.5. The number of nitrogens with zero attached hydrogens (tertiary/aromatic N) is 3. The van der Waals surface area contributed by atoms with Gasteiger partial charge in [-0.2, -0.15) is 0 Å². The van der Waals surface area contributed by atoms with E-state index >= 15 is 0 Å². The molecule has 4 saturated carbocycles. The fourth-order valence-electron chi connectivity index (χ4n) is 8.14. The van der Waals surface area contributed by atoms with Crippen molar-refractivity contribution in [1.29, 1.82) is 0 Å². The molecule has 0 amide bonds. The molecule has 4 aliphatic carbocycles. The number of ether oxygens (including phenoxy) is 1. The monoisotopic (exact) mass is 373 g/mol. The standard InChI is InChI=1S/C22H35N3O2/c1-21-10-8-16(24-25-23)12-14(21)4-6-17-18-7-5-15(13-20(26)27-3)22(18,2)11-9-19(17)21/h14-19H,4-13H2,1-3H3. The van der Waals surface area contributed by atoms with Gasteiger partial charge in [0.1, 0.15) is 0 Å². The number of methoxy groups -OCH3 is 1. The number of esters is 1. The second-order valence-electron chi connectivity index (χ2n) is 10.4. The lowest BCUT2D eigenvalue weighted by Crippen LogP contribution is -2.53. The predicted molar refractivity (Wildman–Crippen MR) is 105 cm³/mol. The van der Waals surface area contributed by atoms with Gasteiger partial charge in [-0.3, -0.25) is 4.79 Å². The molecule has 0 bridgehead atoms. The van der Waals surface area contributed by atoms with Crippen LogP contribution in [0.1, 0.15) is 78.1 Å². The molecule has 8 unspecified atom stereocenters. The first-order chi connectivity index (χ1) is 12.9. The van der Waals surface area contributed by atoms with Gasteiger partial charge in [-0.1, -0.05) is 19.0 Å². The Bertz CT molecular complexity index is 645. The molecule has 5 nitrogen and oxygen atoms in total. The lowest BCUT2D eigenvalue weighted by atomic mass is 9.44. The van der Waals surface area contributed by atoms with Gasteiger partial charge in [-0.15, -0.1) is 0 Å². The molecule has 0 aliphatic heterocycles. The van der Waals surface area contributed by atoms with Crippen LogP contribution in [0.2, 0.25) is 0 Å². The Kier molecular flexibility index (Phi) is 4.95. The fraction of sp³-hybridized carbons (Fsp3) is 0.955. The zero-order valence-corrected chi connectivity index (χ0v) is 17.2. The number of carbonyl (C=O) groups is 1. The van der Waals surface area contributed by atoms with Crippen molar-refractivity contribution in [3.63, 3.8) is 0 Å². The molecule has 0 spiro atoms. The number of fused-ring (bicyclic) bond motifs is 5. The van der Waals surface area contributed by atoms with Gasteiger partial charge in [0, 0.05) is 17.4 Å². The van der Waals surface area contributed by atoms with E-state index in [0.29, 0.717) is 23.2 Å². The van der Waals surface area contributed by atoms with Crippen LogP contribution in [0.4, 0.5) is 0 Å². The van der Waals surface area contributed by atoms with Crippen LogP contribution in [-0.4, -0.2) is 19.1 Å². The summed E-state index contributed by atoms with van der Waals surface area (Å²) in [7, 11) is 1.52. The Morgan fingerprint density at radius 2 is 1.81 bits per heavy atom. The maximum Gasteiger partial charge on any atom is 0.305 e. The highest BCUT2D eigenvalue weighted by molar-refractivity contribution is 5.69. The molecule has 0 radical (unpaired) electrons. The first kappa shape index (κ1) is 19.1. The number of rotatable bonds is 3. The Hall–Kier alpha value is -1.22. The summed E-state index contributed by atoms with van der Waals surface area (Å²) in [6.45, 7) is 5.02. The molecular weight excluding hydrogens is 338 g/mol. The van der Waals surface area contributed by atoms with Crippen LogP contribution in [0.15, 0.2) is 5.11 Å². The quantitative estimate of drug-likeness (QED) is 0.268. The van der Waals surface area contributed by atoms with Crippen molar-refractivity contribution in [2.75, 3.05) is 7.11 Å². The molecule has 4 rings (SSSR count). The molecule has 0 saturated heterocycles. The summed E-state index contributed by atoms with van der Waals surface area (Å²) in [5.41, 5.74) is 9.57. The molecule has 150 valence electrons. The second kappa shape index (κ2) is 6.99. The number of hydrogen-bond acceptors (Lipinski definition) is 3. The molecule has 0 aromatic carbocycles. The largest absolute Gasteiger partial charge is 0.469 e. The summed E-state index contributed by atoms with van der Waals surface area (Å²) >= 11 is 0. The molecule has 27 heavy (non-hydrogen) atoms. The number of azide groups is 1. The van der Waals surface area contributed by atoms with E-state index in [1.807, 2.05) is 0 Å². The average molecular weight is 374 g/mol. The SMILES string of the molecule is COC(=O)CC1CCC2C3CCC4CC(N=[N+]=[N-])CCC4(C)C3CCC12C. The second-order valence-corrected chi connectivity index (χ2v) is 10.4. The molecule has 4 fully saturated rings. The Labute approximate surface area is 163 Å². The highest BCUT2D eigenvalue weighted by Gasteiger charge is 2.60. The first-order valence-electron chi connectivity index (χ1n) is 11.0. The Morgan fingerprint density at radius 1 is 1.07 bits per heavy atom. The predicted octanol–water partition coefficient (Wildman–Crippen LogP) is 5.89. The minimum absolute atomic E-state index is 0.0314. The lowest BCUT2D eigenvalue weighted by molar-refractivity contribution is -0.145. The van der Waals surface area contributed by atoms with Crippen molar-refractivity contribution < 1.29 is 9.53 Å². The minimum atomic E-state index is -0.0314. The van der Waals surface area contributed by atoms with Crippen LogP contribution < -0.4 is 0 Å². The Morgan fingerprint density at radius 3 is 2.56 bits per heavy atom. The zero-order valence-electron chi connectivity index (χ0n) is 17.2. The van der Waals surface area contributed by atoms with Crippen LogP contribution in [-0.2, 0) is 9.53 Å². The van der Waals surface area contributed by atoms with Crippen LogP contribution in [0.25, 0.3) is 10.4 Å². The molecule has 8 atom stereocenters. The summed E-state index contributed by atoms with van der Waals surface area (Å²) in [5.74, 6) is 3.61. The molecule has 0 aromatic rings. The van der Waals surface area contributed by atoms with E-state index in [1.165, 1.54) is 52.1 Å². The van der Waals surface area contributed by atoms with Gasteiger partial charge < -0.3 is 4.74 Å². The van der Waals surface area contributed by atoms with E-state index in [2.05, 4.69) is 23.9 Å². The normalized spacial score (nSPS) is 48.6. The van der Waals surface area contributed by atoms with Crippen molar-refractivity contribution in [1.82, 2.24) is 0 Å². The van der Waals surface area contributed by atoms with Gasteiger partial charge >= 0.3 is 5.97 Å². The van der Waals surface area contributed by atoms with E-state index in [4.69, 9.17) is 10.3 Å². The van der Waals surface area contributed by atoms with Crippen LogP contribution in [0.5, 0.6) is 0 Å². The third-order valence-electron chi connectivity index (χ3n) is 9.69. The van der Waals surface area contributed by atoms with Gasteiger partial charge in [-0.25, -0.2) is 0 Å². The molecule has 5 heteroatoms. The maximum absolute atomic E-state index is 11.9. The van der Waals surface area contributed by atoms with Gasteiger partial charge in [0.05, 0.1) is 7.11 Å². The highest BCUT2D eigenvalue weighted by Crippen LogP contribution is 2.67. The topological polar surface area (TPSA) is 75.1 Å². The van der Waals surface area contributed by atoms with Gasteiger partial charge in [-0.05, 0) is 104 Å². The fourth-order valence-corrected chi connectivity index (χ4v) is 8.14. The maximum atomic E-state index is 11.9. The van der Waals surface area contributed by atoms with E-state index in [-0.39, 0.29) is 12.0 Å². The summed E-state index contributed by atoms with van der Waals surface area (Å²) in [6.07, 6.45) is 11.7. The van der Waals surface area contributed by atoms with Crippen molar-refractivity contribution >= 4 is 5.97 Å².